The van der Waals surface area contributed by atoms with E-state index in [2.05, 4.69) is 31.2 Å². The van der Waals surface area contributed by atoms with Gasteiger partial charge >= 0.3 is 5.97 Å². The summed E-state index contributed by atoms with van der Waals surface area (Å²) in [7, 11) is 0. The average molecular weight is 301 g/mol. The van der Waals surface area contributed by atoms with Crippen molar-refractivity contribution in [2.45, 2.75) is 33.1 Å². The van der Waals surface area contributed by atoms with E-state index in [0.717, 1.165) is 27.3 Å². The highest BCUT2D eigenvalue weighted by Gasteiger charge is 2.31. The molecule has 3 heteroatoms. The summed E-state index contributed by atoms with van der Waals surface area (Å²) in [6, 6.07) is 10.2. The number of benzene rings is 2. The molecule has 0 unspecified atom stereocenters. The predicted octanol–water partition coefficient (Wildman–Crippen LogP) is 4.71. The van der Waals surface area contributed by atoms with Gasteiger partial charge in [0.2, 0.25) is 0 Å². The molecule has 0 amide bonds. The Balaban J connectivity index is 2.19. The van der Waals surface area contributed by atoms with Crippen LogP contribution in [0.25, 0.3) is 0 Å². The highest BCUT2D eigenvalue weighted by Crippen LogP contribution is 2.43. The van der Waals surface area contributed by atoms with Gasteiger partial charge in [0.15, 0.2) is 0 Å². The third-order valence-corrected chi connectivity index (χ3v) is 4.70. The molecule has 2 aromatic carbocycles. The summed E-state index contributed by atoms with van der Waals surface area (Å²) < 4.78 is 5.43. The average Bonchev–Trinajstić information content (AvgIpc) is 2.44. The van der Waals surface area contributed by atoms with Crippen molar-refractivity contribution in [3.63, 3.8) is 0 Å². The van der Waals surface area contributed by atoms with Gasteiger partial charge in [0.05, 0.1) is 6.42 Å². The van der Waals surface area contributed by atoms with Gasteiger partial charge in [-0.05, 0) is 43.5 Å². The molecular weight excluding hydrogens is 284 g/mol. The van der Waals surface area contributed by atoms with Crippen LogP contribution in [0.3, 0.4) is 0 Å². The van der Waals surface area contributed by atoms with Crippen molar-refractivity contribution in [1.29, 1.82) is 0 Å². The lowest BCUT2D eigenvalue weighted by molar-refractivity contribution is -0.135. The number of ether oxygens (including phenoxy) is 1. The molecule has 0 N–H and O–H groups in total. The van der Waals surface area contributed by atoms with Crippen molar-refractivity contribution in [2.24, 2.45) is 0 Å². The van der Waals surface area contributed by atoms with Gasteiger partial charge in [0, 0.05) is 16.5 Å². The van der Waals surface area contributed by atoms with Crippen molar-refractivity contribution in [3.05, 3.63) is 63.2 Å². The molecule has 1 aliphatic heterocycles. The van der Waals surface area contributed by atoms with E-state index in [9.17, 15) is 4.79 Å². The molecule has 0 saturated heterocycles. The SMILES string of the molecule is Cc1ccc([C@@H]2CC(=O)Oc3cc(C)c(Cl)c(C)c32)cc1. The van der Waals surface area contributed by atoms with Crippen LogP contribution >= 0.6 is 11.6 Å². The Labute approximate surface area is 129 Å². The van der Waals surface area contributed by atoms with Gasteiger partial charge < -0.3 is 4.74 Å². The fourth-order valence-corrected chi connectivity index (χ4v) is 3.13. The molecule has 21 heavy (non-hydrogen) atoms. The molecule has 1 atom stereocenters. The van der Waals surface area contributed by atoms with Gasteiger partial charge in [0.1, 0.15) is 5.75 Å². The molecule has 3 rings (SSSR count). The van der Waals surface area contributed by atoms with Crippen molar-refractivity contribution >= 4 is 17.6 Å². The van der Waals surface area contributed by atoms with Crippen molar-refractivity contribution in [1.82, 2.24) is 0 Å². The second kappa shape index (κ2) is 5.19. The van der Waals surface area contributed by atoms with Crippen LogP contribution in [0.1, 0.15) is 40.2 Å². The lowest BCUT2D eigenvalue weighted by Crippen LogP contribution is -2.22. The fourth-order valence-electron chi connectivity index (χ4n) is 2.97. The van der Waals surface area contributed by atoms with Crippen LogP contribution in [-0.2, 0) is 4.79 Å². The highest BCUT2D eigenvalue weighted by molar-refractivity contribution is 6.32. The summed E-state index contributed by atoms with van der Waals surface area (Å²) in [4.78, 5) is 11.9. The number of fused-ring (bicyclic) bond motifs is 1. The Hall–Kier alpha value is -1.80. The number of carbonyl (C=O) groups excluding carboxylic acids is 1. The minimum absolute atomic E-state index is 0.0138. The number of hydrogen-bond acceptors (Lipinski definition) is 2. The maximum atomic E-state index is 11.9. The van der Waals surface area contributed by atoms with E-state index in [4.69, 9.17) is 16.3 Å². The minimum atomic E-state index is -0.186. The van der Waals surface area contributed by atoms with Crippen LogP contribution in [0.15, 0.2) is 30.3 Å². The number of carbonyl (C=O) groups is 1. The zero-order valence-corrected chi connectivity index (χ0v) is 13.1. The van der Waals surface area contributed by atoms with Gasteiger partial charge in [-0.25, -0.2) is 0 Å². The van der Waals surface area contributed by atoms with Gasteiger partial charge in [-0.15, -0.1) is 0 Å². The largest absolute Gasteiger partial charge is 0.426 e. The number of halogens is 1. The van der Waals surface area contributed by atoms with Crippen LogP contribution in [0, 0.1) is 20.8 Å². The van der Waals surface area contributed by atoms with E-state index in [0.29, 0.717) is 12.2 Å². The van der Waals surface area contributed by atoms with Gasteiger partial charge in [-0.1, -0.05) is 41.4 Å². The normalized spacial score (nSPS) is 17.3. The third kappa shape index (κ3) is 2.44. The Kier molecular flexibility index (Phi) is 3.50. The number of aryl methyl sites for hydroxylation is 2. The maximum Gasteiger partial charge on any atom is 0.312 e. The number of hydrogen-bond donors (Lipinski definition) is 0. The first-order chi connectivity index (χ1) is 9.97. The van der Waals surface area contributed by atoms with E-state index >= 15 is 0 Å². The Morgan fingerprint density at radius 1 is 1.14 bits per heavy atom. The molecule has 0 saturated carbocycles. The summed E-state index contributed by atoms with van der Waals surface area (Å²) in [6.45, 7) is 5.98. The van der Waals surface area contributed by atoms with Crippen molar-refractivity contribution in [2.75, 3.05) is 0 Å². The van der Waals surface area contributed by atoms with Crippen LogP contribution in [0.5, 0.6) is 5.75 Å². The van der Waals surface area contributed by atoms with Crippen LogP contribution in [0.4, 0.5) is 0 Å². The van der Waals surface area contributed by atoms with E-state index < -0.39 is 0 Å². The monoisotopic (exact) mass is 300 g/mol. The quantitative estimate of drug-likeness (QED) is 0.563. The van der Waals surface area contributed by atoms with Gasteiger partial charge in [-0.2, -0.15) is 0 Å². The molecule has 108 valence electrons. The summed E-state index contributed by atoms with van der Waals surface area (Å²) >= 11 is 6.39. The molecule has 0 radical (unpaired) electrons. The van der Waals surface area contributed by atoms with E-state index in [1.165, 1.54) is 5.56 Å². The molecule has 2 aromatic rings. The smallest absolute Gasteiger partial charge is 0.312 e. The zero-order valence-electron chi connectivity index (χ0n) is 12.4. The van der Waals surface area contributed by atoms with E-state index in [1.807, 2.05) is 19.9 Å². The molecule has 0 spiro atoms. The minimum Gasteiger partial charge on any atom is -0.426 e. The Morgan fingerprint density at radius 2 is 1.81 bits per heavy atom. The highest BCUT2D eigenvalue weighted by atomic mass is 35.5. The summed E-state index contributed by atoms with van der Waals surface area (Å²) in [5, 5.41) is 0.754. The summed E-state index contributed by atoms with van der Waals surface area (Å²) in [5.41, 5.74) is 5.31. The topological polar surface area (TPSA) is 26.3 Å². The second-order valence-electron chi connectivity index (χ2n) is 5.69. The van der Waals surface area contributed by atoms with E-state index in [-0.39, 0.29) is 11.9 Å². The first-order valence-electron chi connectivity index (χ1n) is 7.04. The molecule has 0 fully saturated rings. The van der Waals surface area contributed by atoms with Crippen LogP contribution in [-0.4, -0.2) is 5.97 Å². The first kappa shape index (κ1) is 14.2. The summed E-state index contributed by atoms with van der Waals surface area (Å²) in [6.07, 6.45) is 0.357. The Bertz CT molecular complexity index is 717. The molecule has 0 bridgehead atoms. The van der Waals surface area contributed by atoms with Crippen LogP contribution < -0.4 is 4.74 Å². The molecule has 1 aliphatic rings. The predicted molar refractivity (Wildman–Crippen MR) is 84.2 cm³/mol. The lowest BCUT2D eigenvalue weighted by Gasteiger charge is -2.28. The lowest BCUT2D eigenvalue weighted by atomic mass is 9.83. The van der Waals surface area contributed by atoms with Crippen LogP contribution in [0.2, 0.25) is 5.02 Å². The zero-order chi connectivity index (χ0) is 15.1. The molecule has 2 nitrogen and oxygen atoms in total. The van der Waals surface area contributed by atoms with E-state index in [1.54, 1.807) is 0 Å². The number of esters is 1. The molecule has 0 aromatic heterocycles. The molecule has 0 aliphatic carbocycles. The second-order valence-corrected chi connectivity index (χ2v) is 6.06. The number of rotatable bonds is 1. The van der Waals surface area contributed by atoms with Crippen molar-refractivity contribution < 1.29 is 9.53 Å². The fraction of sp³-hybridized carbons (Fsp3) is 0.278. The Morgan fingerprint density at radius 3 is 2.48 bits per heavy atom. The van der Waals surface area contributed by atoms with Crippen molar-refractivity contribution in [3.8, 4) is 5.75 Å². The maximum absolute atomic E-state index is 11.9. The standard InChI is InChI=1S/C18H17ClO2/c1-10-4-6-13(7-5-10)14-9-16(20)21-15-8-11(2)18(19)12(3)17(14)15/h4-8,14H,9H2,1-3H3/t14-/m0/s1. The third-order valence-electron chi connectivity index (χ3n) is 4.12. The molecular formula is C18H17ClO2. The van der Waals surface area contributed by atoms with Gasteiger partial charge in [0.25, 0.3) is 0 Å². The molecule has 1 heterocycles. The first-order valence-corrected chi connectivity index (χ1v) is 7.42. The summed E-state index contributed by atoms with van der Waals surface area (Å²) in [5.74, 6) is 0.477. The van der Waals surface area contributed by atoms with Gasteiger partial charge in [-0.3, -0.25) is 4.79 Å².